The van der Waals surface area contributed by atoms with Crippen molar-refractivity contribution in [3.63, 3.8) is 0 Å². The van der Waals surface area contributed by atoms with Gasteiger partial charge in [-0.05, 0) is 55.7 Å². The minimum absolute atomic E-state index is 0.0685. The van der Waals surface area contributed by atoms with Crippen molar-refractivity contribution in [2.75, 3.05) is 0 Å². The average molecular weight is 468 g/mol. The standard InChI is InChI=1S/C28H26FN5O/c1-19(12-13-21-18-33(2)25-11-7-6-10-24(21)25)30-28(35)26-27(20-8-4-3-5-9-20)34(32-31-26)23-16-14-22(29)15-17-23/h3-11,14-19H,12-13H2,1-2H3,(H,30,35). The second-order valence-corrected chi connectivity index (χ2v) is 8.74. The molecule has 0 fully saturated rings. The van der Waals surface area contributed by atoms with Gasteiger partial charge in [0.15, 0.2) is 5.69 Å². The number of aryl methyl sites for hydroxylation is 2. The van der Waals surface area contributed by atoms with Gasteiger partial charge in [0.1, 0.15) is 11.5 Å². The zero-order chi connectivity index (χ0) is 24.4. The lowest BCUT2D eigenvalue weighted by molar-refractivity contribution is 0.0934. The van der Waals surface area contributed by atoms with Crippen molar-refractivity contribution in [2.45, 2.75) is 25.8 Å². The van der Waals surface area contributed by atoms with Crippen molar-refractivity contribution in [3.8, 4) is 16.9 Å². The smallest absolute Gasteiger partial charge is 0.274 e. The van der Waals surface area contributed by atoms with Gasteiger partial charge >= 0.3 is 0 Å². The highest BCUT2D eigenvalue weighted by Crippen LogP contribution is 2.26. The molecule has 1 amide bonds. The van der Waals surface area contributed by atoms with Gasteiger partial charge < -0.3 is 9.88 Å². The van der Waals surface area contributed by atoms with Crippen molar-refractivity contribution >= 4 is 16.8 Å². The van der Waals surface area contributed by atoms with Gasteiger partial charge in [-0.25, -0.2) is 9.07 Å². The summed E-state index contributed by atoms with van der Waals surface area (Å²) in [6.45, 7) is 2.00. The molecule has 176 valence electrons. The summed E-state index contributed by atoms with van der Waals surface area (Å²) < 4.78 is 17.2. The molecule has 0 saturated heterocycles. The lowest BCUT2D eigenvalue weighted by Gasteiger charge is -2.14. The highest BCUT2D eigenvalue weighted by molar-refractivity contribution is 5.98. The fraction of sp³-hybridized carbons (Fsp3) is 0.179. The van der Waals surface area contributed by atoms with Gasteiger partial charge in [0.05, 0.1) is 5.69 Å². The quantitative estimate of drug-likeness (QED) is 0.353. The molecule has 1 unspecified atom stereocenters. The second-order valence-electron chi connectivity index (χ2n) is 8.74. The van der Waals surface area contributed by atoms with E-state index in [1.807, 2.05) is 56.4 Å². The lowest BCUT2D eigenvalue weighted by Crippen LogP contribution is -2.33. The van der Waals surface area contributed by atoms with Gasteiger partial charge in [0.2, 0.25) is 0 Å². The number of hydrogen-bond acceptors (Lipinski definition) is 3. The van der Waals surface area contributed by atoms with Crippen LogP contribution in [0.15, 0.2) is 85.1 Å². The summed E-state index contributed by atoms with van der Waals surface area (Å²) in [5.74, 6) is -0.629. The van der Waals surface area contributed by atoms with Crippen molar-refractivity contribution in [2.24, 2.45) is 7.05 Å². The van der Waals surface area contributed by atoms with Gasteiger partial charge in [-0.1, -0.05) is 53.7 Å². The monoisotopic (exact) mass is 467 g/mol. The Morgan fingerprint density at radius 2 is 1.71 bits per heavy atom. The van der Waals surface area contributed by atoms with Crippen LogP contribution in [0.2, 0.25) is 0 Å². The summed E-state index contributed by atoms with van der Waals surface area (Å²) in [6, 6.07) is 23.7. The van der Waals surface area contributed by atoms with E-state index < -0.39 is 0 Å². The number of carbonyl (C=O) groups is 1. The number of hydrogen-bond donors (Lipinski definition) is 1. The number of amides is 1. The van der Waals surface area contributed by atoms with Crippen LogP contribution in [0.5, 0.6) is 0 Å². The van der Waals surface area contributed by atoms with E-state index in [-0.39, 0.29) is 23.5 Å². The third-order valence-corrected chi connectivity index (χ3v) is 6.21. The Labute approximate surface area is 203 Å². The van der Waals surface area contributed by atoms with Crippen LogP contribution in [0.1, 0.15) is 29.4 Å². The Hall–Kier alpha value is -4.26. The van der Waals surface area contributed by atoms with Gasteiger partial charge in [-0.2, -0.15) is 0 Å². The zero-order valence-corrected chi connectivity index (χ0v) is 19.6. The van der Waals surface area contributed by atoms with Crippen molar-refractivity contribution < 1.29 is 9.18 Å². The molecule has 0 saturated carbocycles. The maximum absolute atomic E-state index is 13.5. The highest BCUT2D eigenvalue weighted by Gasteiger charge is 2.23. The van der Waals surface area contributed by atoms with Crippen LogP contribution in [-0.2, 0) is 13.5 Å². The molecule has 0 spiro atoms. The lowest BCUT2D eigenvalue weighted by atomic mass is 10.0. The molecular weight excluding hydrogens is 441 g/mol. The largest absolute Gasteiger partial charge is 0.350 e. The fourth-order valence-corrected chi connectivity index (χ4v) is 4.41. The molecule has 0 aliphatic rings. The Bertz CT molecular complexity index is 1470. The molecule has 0 aliphatic heterocycles. The Morgan fingerprint density at radius 1 is 1.00 bits per heavy atom. The van der Waals surface area contributed by atoms with E-state index in [1.54, 1.807) is 16.8 Å². The van der Waals surface area contributed by atoms with Crippen LogP contribution < -0.4 is 5.32 Å². The summed E-state index contributed by atoms with van der Waals surface area (Å²) in [5, 5.41) is 12.8. The van der Waals surface area contributed by atoms with Gasteiger partial charge in [0.25, 0.3) is 5.91 Å². The minimum Gasteiger partial charge on any atom is -0.350 e. The summed E-state index contributed by atoms with van der Waals surface area (Å²) in [7, 11) is 2.05. The molecule has 5 rings (SSSR count). The van der Waals surface area contributed by atoms with E-state index in [2.05, 4.69) is 38.5 Å². The molecule has 1 atom stereocenters. The molecule has 7 heteroatoms. The van der Waals surface area contributed by atoms with Crippen LogP contribution in [0.3, 0.4) is 0 Å². The van der Waals surface area contributed by atoms with E-state index in [9.17, 15) is 9.18 Å². The Balaban J connectivity index is 1.37. The van der Waals surface area contributed by atoms with Crippen LogP contribution in [0.4, 0.5) is 4.39 Å². The van der Waals surface area contributed by atoms with Crippen LogP contribution in [-0.4, -0.2) is 31.5 Å². The molecule has 2 heterocycles. The summed E-state index contributed by atoms with van der Waals surface area (Å²) in [4.78, 5) is 13.3. The summed E-state index contributed by atoms with van der Waals surface area (Å²) >= 11 is 0. The normalized spacial score (nSPS) is 12.1. The maximum atomic E-state index is 13.5. The molecule has 35 heavy (non-hydrogen) atoms. The number of halogens is 1. The first kappa shape index (κ1) is 22.5. The molecule has 6 nitrogen and oxygen atoms in total. The summed E-state index contributed by atoms with van der Waals surface area (Å²) in [6.07, 6.45) is 3.78. The molecule has 3 aromatic carbocycles. The van der Waals surface area contributed by atoms with E-state index in [0.717, 1.165) is 18.4 Å². The number of fused-ring (bicyclic) bond motifs is 1. The number of nitrogens with zero attached hydrogens (tertiary/aromatic N) is 4. The van der Waals surface area contributed by atoms with Crippen molar-refractivity contribution in [1.29, 1.82) is 0 Å². The molecule has 0 bridgehead atoms. The number of carbonyl (C=O) groups excluding carboxylic acids is 1. The number of rotatable bonds is 7. The van der Waals surface area contributed by atoms with E-state index in [0.29, 0.717) is 11.4 Å². The maximum Gasteiger partial charge on any atom is 0.274 e. The zero-order valence-electron chi connectivity index (χ0n) is 19.6. The first-order valence-corrected chi connectivity index (χ1v) is 11.6. The van der Waals surface area contributed by atoms with E-state index in [1.165, 1.54) is 28.6 Å². The molecule has 1 N–H and O–H groups in total. The second kappa shape index (κ2) is 9.54. The van der Waals surface area contributed by atoms with Crippen LogP contribution in [0.25, 0.3) is 27.8 Å². The molecular formula is C28H26FN5O. The number of aromatic nitrogens is 4. The van der Waals surface area contributed by atoms with E-state index in [4.69, 9.17) is 0 Å². The third-order valence-electron chi connectivity index (χ3n) is 6.21. The predicted molar refractivity (Wildman–Crippen MR) is 135 cm³/mol. The third kappa shape index (κ3) is 4.57. The van der Waals surface area contributed by atoms with Crippen molar-refractivity contribution in [3.05, 3.63) is 102 Å². The average Bonchev–Trinajstić information content (AvgIpc) is 3.46. The van der Waals surface area contributed by atoms with Crippen LogP contribution >= 0.6 is 0 Å². The predicted octanol–water partition coefficient (Wildman–Crippen LogP) is 5.32. The molecule has 2 aromatic heterocycles. The number of nitrogens with one attached hydrogen (secondary N) is 1. The topological polar surface area (TPSA) is 64.7 Å². The number of para-hydroxylation sites is 1. The Morgan fingerprint density at radius 3 is 2.49 bits per heavy atom. The first-order valence-electron chi connectivity index (χ1n) is 11.6. The van der Waals surface area contributed by atoms with E-state index >= 15 is 0 Å². The molecule has 0 radical (unpaired) electrons. The van der Waals surface area contributed by atoms with Gasteiger partial charge in [0, 0.05) is 35.8 Å². The molecule has 5 aromatic rings. The van der Waals surface area contributed by atoms with Gasteiger partial charge in [-0.15, -0.1) is 5.10 Å². The van der Waals surface area contributed by atoms with Gasteiger partial charge in [-0.3, -0.25) is 4.79 Å². The summed E-state index contributed by atoms with van der Waals surface area (Å²) in [5.41, 5.74) is 4.69. The highest BCUT2D eigenvalue weighted by atomic mass is 19.1. The number of benzene rings is 3. The minimum atomic E-state index is -0.340. The Kier molecular flexibility index (Phi) is 6.14. The molecule has 0 aliphatic carbocycles. The SMILES string of the molecule is CC(CCc1cn(C)c2ccccc12)NC(=O)c1nnn(-c2ccc(F)cc2)c1-c1ccccc1. The van der Waals surface area contributed by atoms with Crippen LogP contribution in [0, 0.1) is 5.82 Å². The fourth-order valence-electron chi connectivity index (χ4n) is 4.41. The van der Waals surface area contributed by atoms with Crippen molar-refractivity contribution in [1.82, 2.24) is 24.9 Å². The first-order chi connectivity index (χ1) is 17.0.